The lowest BCUT2D eigenvalue weighted by molar-refractivity contribution is -0.870. The van der Waals surface area contributed by atoms with Gasteiger partial charge in [-0.1, -0.05) is 264 Å². The highest BCUT2D eigenvalue weighted by atomic mass is 31.2. The van der Waals surface area contributed by atoms with Gasteiger partial charge in [0.2, 0.25) is 0 Å². The van der Waals surface area contributed by atoms with Crippen LogP contribution in [-0.2, 0) is 32.7 Å². The summed E-state index contributed by atoms with van der Waals surface area (Å²) in [7, 11) is 1.19. The number of phosphoric ester groups is 1. The minimum Gasteiger partial charge on any atom is -0.756 e. The number of hydrogen-bond acceptors (Lipinski definition) is 8. The molecule has 10 heteroatoms. The molecule has 0 aliphatic heterocycles. The highest BCUT2D eigenvalue weighted by Gasteiger charge is 2.22. The van der Waals surface area contributed by atoms with Crippen molar-refractivity contribution >= 4 is 19.8 Å². The van der Waals surface area contributed by atoms with E-state index in [1.807, 2.05) is 21.1 Å². The molecule has 0 aliphatic carbocycles. The van der Waals surface area contributed by atoms with Crippen LogP contribution in [0.4, 0.5) is 0 Å². The molecule has 0 aromatic carbocycles. The van der Waals surface area contributed by atoms with E-state index in [2.05, 4.69) is 26.0 Å². The summed E-state index contributed by atoms with van der Waals surface area (Å²) in [4.78, 5) is 37.9. The van der Waals surface area contributed by atoms with Crippen LogP contribution in [0, 0.1) is 0 Å². The Labute approximate surface area is 428 Å². The third-order valence-electron chi connectivity index (χ3n) is 13.5. The van der Waals surface area contributed by atoms with E-state index in [-0.39, 0.29) is 32.0 Å². The molecule has 0 rings (SSSR count). The Balaban J connectivity index is 4.10. The molecule has 0 heterocycles. The lowest BCUT2D eigenvalue weighted by Crippen LogP contribution is -2.37. The third kappa shape index (κ3) is 55.9. The van der Waals surface area contributed by atoms with Gasteiger partial charge in [0.15, 0.2) is 6.10 Å². The van der Waals surface area contributed by atoms with E-state index in [9.17, 15) is 19.0 Å². The van der Waals surface area contributed by atoms with E-state index in [0.29, 0.717) is 17.4 Å². The number of quaternary nitrogens is 1. The first kappa shape index (κ1) is 67.8. The Bertz CT molecular complexity index is 1180. The Morgan fingerprint density at radius 3 is 1.07 bits per heavy atom. The van der Waals surface area contributed by atoms with E-state index in [4.69, 9.17) is 18.5 Å². The number of nitrogens with zero attached hydrogens (tertiary/aromatic N) is 1. The molecule has 69 heavy (non-hydrogen) atoms. The smallest absolute Gasteiger partial charge is 0.306 e. The normalized spacial score (nSPS) is 13.3. The van der Waals surface area contributed by atoms with E-state index in [1.54, 1.807) is 0 Å². The SMILES string of the molecule is CCCCCCCCCC/C=C\CCCCCCCCCCCCCCCC(=O)OC(COC(=O)CCCCCCCCCCCCCCCCCCCCCC)COP(=O)([O-])OCC[N+](C)(C)C. The summed E-state index contributed by atoms with van der Waals surface area (Å²) in [5.41, 5.74) is 0. The van der Waals surface area contributed by atoms with Gasteiger partial charge in [-0.2, -0.15) is 0 Å². The highest BCUT2D eigenvalue weighted by Crippen LogP contribution is 2.38. The number of carbonyl (C=O) groups excluding carboxylic acids is 2. The Morgan fingerprint density at radius 2 is 0.739 bits per heavy atom. The van der Waals surface area contributed by atoms with Crippen LogP contribution in [0.1, 0.15) is 303 Å². The predicted molar refractivity (Wildman–Crippen MR) is 292 cm³/mol. The maximum absolute atomic E-state index is 12.8. The minimum absolute atomic E-state index is 0.0267. The molecule has 2 atom stereocenters. The van der Waals surface area contributed by atoms with Gasteiger partial charge in [-0.15, -0.1) is 0 Å². The molecule has 0 saturated carbocycles. The van der Waals surface area contributed by atoms with E-state index < -0.39 is 26.5 Å². The molecular formula is C59H116NO8P. The van der Waals surface area contributed by atoms with E-state index in [1.165, 1.54) is 238 Å². The number of carbonyl (C=O) groups is 2. The van der Waals surface area contributed by atoms with Gasteiger partial charge in [-0.25, -0.2) is 0 Å². The Kier molecular flexibility index (Phi) is 50.7. The molecule has 0 N–H and O–H groups in total. The Morgan fingerprint density at radius 1 is 0.435 bits per heavy atom. The first-order valence-electron chi connectivity index (χ1n) is 29.9. The first-order chi connectivity index (χ1) is 33.5. The molecule has 0 aliphatic rings. The van der Waals surface area contributed by atoms with Gasteiger partial charge in [0, 0.05) is 12.8 Å². The molecule has 410 valence electrons. The molecule has 0 radical (unpaired) electrons. The molecule has 0 saturated heterocycles. The number of allylic oxidation sites excluding steroid dienone is 2. The molecule has 0 fully saturated rings. The van der Waals surface area contributed by atoms with E-state index >= 15 is 0 Å². The summed E-state index contributed by atoms with van der Waals surface area (Å²) < 4.78 is 34.2. The first-order valence-corrected chi connectivity index (χ1v) is 31.4. The average molecular weight is 999 g/mol. The average Bonchev–Trinajstić information content (AvgIpc) is 3.31. The maximum Gasteiger partial charge on any atom is 0.306 e. The quantitative estimate of drug-likeness (QED) is 0.0195. The van der Waals surface area contributed by atoms with Crippen LogP contribution >= 0.6 is 7.82 Å². The van der Waals surface area contributed by atoms with Gasteiger partial charge < -0.3 is 27.9 Å². The summed E-state index contributed by atoms with van der Waals surface area (Å²) in [5, 5.41) is 0. The number of phosphoric acid groups is 1. The van der Waals surface area contributed by atoms with Crippen molar-refractivity contribution in [2.45, 2.75) is 309 Å². The van der Waals surface area contributed by atoms with Crippen LogP contribution in [0.5, 0.6) is 0 Å². The molecule has 0 spiro atoms. The van der Waals surface area contributed by atoms with Gasteiger partial charge in [-0.3, -0.25) is 14.2 Å². The van der Waals surface area contributed by atoms with Crippen molar-refractivity contribution in [2.75, 3.05) is 47.5 Å². The van der Waals surface area contributed by atoms with Crippen LogP contribution in [0.3, 0.4) is 0 Å². The summed E-state index contributed by atoms with van der Waals surface area (Å²) >= 11 is 0. The highest BCUT2D eigenvalue weighted by molar-refractivity contribution is 7.45. The van der Waals surface area contributed by atoms with Crippen molar-refractivity contribution in [3.05, 3.63) is 12.2 Å². The van der Waals surface area contributed by atoms with E-state index in [0.717, 1.165) is 32.1 Å². The van der Waals surface area contributed by atoms with Crippen molar-refractivity contribution in [3.63, 3.8) is 0 Å². The Hall–Kier alpha value is -1.25. The van der Waals surface area contributed by atoms with Crippen LogP contribution in [0.2, 0.25) is 0 Å². The number of hydrogen-bond donors (Lipinski definition) is 0. The predicted octanol–water partition coefficient (Wildman–Crippen LogP) is 17.8. The zero-order valence-corrected chi connectivity index (χ0v) is 47.4. The summed E-state index contributed by atoms with van der Waals surface area (Å²) in [6.45, 7) is 4.30. The monoisotopic (exact) mass is 998 g/mol. The van der Waals surface area contributed by atoms with Crippen molar-refractivity contribution in [1.82, 2.24) is 0 Å². The van der Waals surface area contributed by atoms with Crippen LogP contribution in [0.25, 0.3) is 0 Å². The zero-order chi connectivity index (χ0) is 50.6. The topological polar surface area (TPSA) is 111 Å². The van der Waals surface area contributed by atoms with Gasteiger partial charge in [-0.05, 0) is 38.5 Å². The van der Waals surface area contributed by atoms with Crippen molar-refractivity contribution in [3.8, 4) is 0 Å². The molecule has 9 nitrogen and oxygen atoms in total. The molecule has 2 unspecified atom stereocenters. The fourth-order valence-electron chi connectivity index (χ4n) is 8.89. The molecule has 0 bridgehead atoms. The third-order valence-corrected chi connectivity index (χ3v) is 14.5. The number of likely N-dealkylation sites (N-methyl/N-ethyl adjacent to an activating group) is 1. The second kappa shape index (κ2) is 51.6. The van der Waals surface area contributed by atoms with Crippen molar-refractivity contribution in [1.29, 1.82) is 0 Å². The van der Waals surface area contributed by atoms with Crippen LogP contribution in [-0.4, -0.2) is 70.0 Å². The lowest BCUT2D eigenvalue weighted by atomic mass is 10.0. The molecular weight excluding hydrogens is 882 g/mol. The van der Waals surface area contributed by atoms with Crippen LogP contribution < -0.4 is 4.89 Å². The number of unbranched alkanes of at least 4 members (excludes halogenated alkanes) is 40. The van der Waals surface area contributed by atoms with Gasteiger partial charge in [0.25, 0.3) is 7.82 Å². The van der Waals surface area contributed by atoms with Gasteiger partial charge >= 0.3 is 11.9 Å². The number of rotatable bonds is 56. The van der Waals surface area contributed by atoms with Gasteiger partial charge in [0.05, 0.1) is 27.7 Å². The standard InChI is InChI=1S/C59H116NO8P/c1-6-8-10-12-14-16-18-20-22-24-26-28-29-30-31-32-34-36-38-40-42-44-46-48-50-52-59(62)68-57(56-67-69(63,64)66-54-53-60(3,4)5)55-65-58(61)51-49-47-45-43-41-39-37-35-33-27-25-23-21-19-17-15-13-11-9-7-2/h24,26,57H,6-23,25,27-56H2,1-5H3/b26-24-. The van der Waals surface area contributed by atoms with Crippen molar-refractivity contribution in [2.24, 2.45) is 0 Å². The molecule has 0 aromatic rings. The number of ether oxygens (including phenoxy) is 2. The summed E-state index contributed by atoms with van der Waals surface area (Å²) in [5.74, 6) is -0.813. The van der Waals surface area contributed by atoms with Gasteiger partial charge in [0.1, 0.15) is 19.8 Å². The molecule has 0 amide bonds. The summed E-state index contributed by atoms with van der Waals surface area (Å²) in [6.07, 6.45) is 59.7. The second-order valence-electron chi connectivity index (χ2n) is 21.7. The molecule has 0 aromatic heterocycles. The van der Waals surface area contributed by atoms with Crippen molar-refractivity contribution < 1.29 is 42.1 Å². The lowest BCUT2D eigenvalue weighted by Gasteiger charge is -2.28. The number of esters is 2. The second-order valence-corrected chi connectivity index (χ2v) is 23.1. The fraction of sp³-hybridized carbons (Fsp3) is 0.932. The fourth-order valence-corrected chi connectivity index (χ4v) is 9.62. The minimum atomic E-state index is -4.63. The van der Waals surface area contributed by atoms with Crippen LogP contribution in [0.15, 0.2) is 12.2 Å². The summed E-state index contributed by atoms with van der Waals surface area (Å²) in [6, 6.07) is 0. The zero-order valence-electron chi connectivity index (χ0n) is 46.5. The largest absolute Gasteiger partial charge is 0.756 e. The maximum atomic E-state index is 12.8.